The number of carbonyl (C=O) groups excluding carboxylic acids is 1. The predicted molar refractivity (Wildman–Crippen MR) is 93.8 cm³/mol. The lowest BCUT2D eigenvalue weighted by molar-refractivity contribution is 0.0628. The number of nitrogens with zero attached hydrogens (tertiary/aromatic N) is 6. The Morgan fingerprint density at radius 2 is 1.88 bits per heavy atom. The molecule has 0 spiro atoms. The monoisotopic (exact) mass is 346 g/mol. The number of piperazine rings is 1. The van der Waals surface area contributed by atoms with Gasteiger partial charge >= 0.3 is 0 Å². The van der Waals surface area contributed by atoms with Gasteiger partial charge in [-0.25, -0.2) is 0 Å². The van der Waals surface area contributed by atoms with Crippen molar-refractivity contribution in [2.45, 2.75) is 20.4 Å². The first-order valence-electron chi connectivity index (χ1n) is 8.58. The van der Waals surface area contributed by atoms with Gasteiger partial charge in [-0.3, -0.25) is 19.1 Å². The van der Waals surface area contributed by atoms with E-state index in [2.05, 4.69) is 28.1 Å². The van der Waals surface area contributed by atoms with E-state index < -0.39 is 0 Å². The van der Waals surface area contributed by atoms with E-state index in [1.54, 1.807) is 17.9 Å². The Balaban J connectivity index is 1.53. The van der Waals surface area contributed by atoms with Crippen molar-refractivity contribution in [2.75, 3.05) is 39.8 Å². The highest BCUT2D eigenvalue weighted by Gasteiger charge is 2.26. The number of aryl methyl sites for hydroxylation is 3. The van der Waals surface area contributed by atoms with Gasteiger partial charge in [-0.2, -0.15) is 5.10 Å². The minimum Gasteiger partial charge on any atom is -0.479 e. The van der Waals surface area contributed by atoms with Crippen molar-refractivity contribution in [3.05, 3.63) is 29.2 Å². The first-order chi connectivity index (χ1) is 12.0. The number of hydrogen-bond acceptors (Lipinski definition) is 5. The van der Waals surface area contributed by atoms with Crippen LogP contribution in [0.5, 0.6) is 5.88 Å². The Kier molecular flexibility index (Phi) is 5.08. The molecule has 2 aromatic rings. The maximum absolute atomic E-state index is 12.7. The molecule has 8 heteroatoms. The van der Waals surface area contributed by atoms with Gasteiger partial charge in [0, 0.05) is 51.7 Å². The summed E-state index contributed by atoms with van der Waals surface area (Å²) in [5, 5.41) is 8.66. The normalized spacial score (nSPS) is 15.6. The van der Waals surface area contributed by atoms with Crippen LogP contribution in [0.4, 0.5) is 0 Å². The molecule has 1 saturated heterocycles. The summed E-state index contributed by atoms with van der Waals surface area (Å²) in [7, 11) is 3.33. The highest BCUT2D eigenvalue weighted by Crippen LogP contribution is 2.18. The summed E-state index contributed by atoms with van der Waals surface area (Å²) < 4.78 is 8.86. The van der Waals surface area contributed by atoms with Gasteiger partial charge in [0.1, 0.15) is 5.56 Å². The van der Waals surface area contributed by atoms with Gasteiger partial charge in [-0.15, -0.1) is 5.10 Å². The Morgan fingerprint density at radius 1 is 1.16 bits per heavy atom. The molecule has 0 aromatic carbocycles. The Labute approximate surface area is 148 Å². The standard InChI is InChI=1S/C17H26N6O2/c1-13-11-14(2)23(18-13)10-7-21-5-8-22(9-6-21)17(24)15-12-20(3)19-16(15)25-4/h11-12H,5-10H2,1-4H3. The summed E-state index contributed by atoms with van der Waals surface area (Å²) in [4.78, 5) is 16.9. The quantitative estimate of drug-likeness (QED) is 0.797. The van der Waals surface area contributed by atoms with Crippen molar-refractivity contribution in [1.82, 2.24) is 29.4 Å². The van der Waals surface area contributed by atoms with E-state index in [9.17, 15) is 4.79 Å². The van der Waals surface area contributed by atoms with Crippen molar-refractivity contribution in [3.63, 3.8) is 0 Å². The molecule has 0 unspecified atom stereocenters. The maximum atomic E-state index is 12.7. The maximum Gasteiger partial charge on any atom is 0.261 e. The smallest absolute Gasteiger partial charge is 0.261 e. The zero-order valence-electron chi connectivity index (χ0n) is 15.4. The number of ether oxygens (including phenoxy) is 1. The molecule has 25 heavy (non-hydrogen) atoms. The van der Waals surface area contributed by atoms with Crippen LogP contribution >= 0.6 is 0 Å². The number of aromatic nitrogens is 4. The van der Waals surface area contributed by atoms with E-state index in [1.807, 2.05) is 16.5 Å². The minimum absolute atomic E-state index is 0.0110. The molecule has 3 heterocycles. The summed E-state index contributed by atoms with van der Waals surface area (Å²) in [6, 6.07) is 2.10. The van der Waals surface area contributed by atoms with Crippen molar-refractivity contribution < 1.29 is 9.53 Å². The Hall–Kier alpha value is -2.35. The van der Waals surface area contributed by atoms with Gasteiger partial charge in [0.2, 0.25) is 5.88 Å². The molecular weight excluding hydrogens is 320 g/mol. The number of amides is 1. The number of carbonyl (C=O) groups is 1. The third kappa shape index (κ3) is 3.84. The molecule has 0 saturated carbocycles. The number of rotatable bonds is 5. The molecule has 2 aromatic heterocycles. The fraction of sp³-hybridized carbons (Fsp3) is 0.588. The van der Waals surface area contributed by atoms with E-state index in [0.717, 1.165) is 31.9 Å². The molecule has 3 rings (SSSR count). The largest absolute Gasteiger partial charge is 0.479 e. The molecule has 1 fully saturated rings. The van der Waals surface area contributed by atoms with Crippen LogP contribution in [0.3, 0.4) is 0 Å². The summed E-state index contributed by atoms with van der Waals surface area (Å²) in [6.07, 6.45) is 1.72. The van der Waals surface area contributed by atoms with E-state index in [4.69, 9.17) is 4.74 Å². The predicted octanol–water partition coefficient (Wildman–Crippen LogP) is 0.700. The average Bonchev–Trinajstić information content (AvgIpc) is 3.14. The van der Waals surface area contributed by atoms with Gasteiger partial charge in [0.05, 0.1) is 19.3 Å². The summed E-state index contributed by atoms with van der Waals surface area (Å²) >= 11 is 0. The molecule has 0 bridgehead atoms. The fourth-order valence-corrected chi connectivity index (χ4v) is 3.25. The van der Waals surface area contributed by atoms with Gasteiger partial charge < -0.3 is 9.64 Å². The minimum atomic E-state index is -0.0110. The first-order valence-corrected chi connectivity index (χ1v) is 8.58. The molecule has 136 valence electrons. The second-order valence-corrected chi connectivity index (χ2v) is 6.51. The number of hydrogen-bond donors (Lipinski definition) is 0. The zero-order valence-corrected chi connectivity index (χ0v) is 15.4. The summed E-state index contributed by atoms with van der Waals surface area (Å²) in [5.74, 6) is 0.377. The molecule has 8 nitrogen and oxygen atoms in total. The lowest BCUT2D eigenvalue weighted by Crippen LogP contribution is -2.49. The third-order valence-corrected chi connectivity index (χ3v) is 4.61. The molecule has 0 atom stereocenters. The molecular formula is C17H26N6O2. The third-order valence-electron chi connectivity index (χ3n) is 4.61. The van der Waals surface area contributed by atoms with E-state index >= 15 is 0 Å². The van der Waals surface area contributed by atoms with Crippen molar-refractivity contribution in [3.8, 4) is 5.88 Å². The van der Waals surface area contributed by atoms with Gasteiger partial charge in [0.15, 0.2) is 0 Å². The zero-order chi connectivity index (χ0) is 18.0. The van der Waals surface area contributed by atoms with E-state index in [1.165, 1.54) is 12.8 Å². The van der Waals surface area contributed by atoms with Crippen LogP contribution < -0.4 is 4.74 Å². The topological polar surface area (TPSA) is 68.4 Å². The second-order valence-electron chi connectivity index (χ2n) is 6.51. The SMILES string of the molecule is COc1nn(C)cc1C(=O)N1CCN(CCn2nc(C)cc2C)CC1. The Bertz CT molecular complexity index is 742. The molecule has 1 amide bonds. The average molecular weight is 346 g/mol. The summed E-state index contributed by atoms with van der Waals surface area (Å²) in [5.41, 5.74) is 2.77. The van der Waals surface area contributed by atoms with Crippen LogP contribution in [0.1, 0.15) is 21.7 Å². The van der Waals surface area contributed by atoms with Gasteiger partial charge in [0.25, 0.3) is 5.91 Å². The van der Waals surface area contributed by atoms with Gasteiger partial charge in [-0.05, 0) is 19.9 Å². The highest BCUT2D eigenvalue weighted by molar-refractivity contribution is 5.96. The fourth-order valence-electron chi connectivity index (χ4n) is 3.25. The van der Waals surface area contributed by atoms with Crippen LogP contribution in [0.2, 0.25) is 0 Å². The van der Waals surface area contributed by atoms with Crippen LogP contribution in [0, 0.1) is 13.8 Å². The van der Waals surface area contributed by atoms with Crippen LogP contribution in [0.15, 0.2) is 12.3 Å². The second kappa shape index (κ2) is 7.26. The van der Waals surface area contributed by atoms with Crippen molar-refractivity contribution in [2.24, 2.45) is 7.05 Å². The molecule has 1 aliphatic rings. The van der Waals surface area contributed by atoms with Crippen LogP contribution in [-0.4, -0.2) is 75.1 Å². The van der Waals surface area contributed by atoms with E-state index in [-0.39, 0.29) is 5.91 Å². The lowest BCUT2D eigenvalue weighted by atomic mass is 10.2. The molecule has 0 N–H and O–H groups in total. The lowest BCUT2D eigenvalue weighted by Gasteiger charge is -2.34. The van der Waals surface area contributed by atoms with Crippen molar-refractivity contribution in [1.29, 1.82) is 0 Å². The van der Waals surface area contributed by atoms with Crippen LogP contribution in [-0.2, 0) is 13.6 Å². The molecule has 1 aliphatic heterocycles. The Morgan fingerprint density at radius 3 is 2.48 bits per heavy atom. The number of methoxy groups -OCH3 is 1. The first kappa shape index (κ1) is 17.5. The van der Waals surface area contributed by atoms with Crippen molar-refractivity contribution >= 4 is 5.91 Å². The highest BCUT2D eigenvalue weighted by atomic mass is 16.5. The summed E-state index contributed by atoms with van der Waals surface area (Å²) in [6.45, 7) is 9.09. The van der Waals surface area contributed by atoms with E-state index in [0.29, 0.717) is 24.5 Å². The molecule has 0 aliphatic carbocycles. The molecule has 0 radical (unpaired) electrons. The van der Waals surface area contributed by atoms with Crippen LogP contribution in [0.25, 0.3) is 0 Å². The van der Waals surface area contributed by atoms with Gasteiger partial charge in [-0.1, -0.05) is 0 Å².